The van der Waals surface area contributed by atoms with E-state index in [2.05, 4.69) is 10.2 Å². The molecule has 0 unspecified atom stereocenters. The zero-order chi connectivity index (χ0) is 19.2. The highest BCUT2D eigenvalue weighted by Crippen LogP contribution is 2.37. The van der Waals surface area contributed by atoms with Crippen LogP contribution in [0.3, 0.4) is 0 Å². The number of hydrogen-bond donors (Lipinski definition) is 1. The molecule has 1 N–H and O–H groups in total. The fourth-order valence-electron chi connectivity index (χ4n) is 4.35. The molecule has 2 aliphatic heterocycles. The Balaban J connectivity index is 1.65. The van der Waals surface area contributed by atoms with Crippen LogP contribution in [0.2, 0.25) is 5.02 Å². The van der Waals surface area contributed by atoms with Crippen molar-refractivity contribution in [1.82, 2.24) is 15.1 Å². The summed E-state index contributed by atoms with van der Waals surface area (Å²) >= 11 is 6.17. The quantitative estimate of drug-likeness (QED) is 0.726. The summed E-state index contributed by atoms with van der Waals surface area (Å²) in [6.45, 7) is 6.65. The second kappa shape index (κ2) is 9.56. The van der Waals surface area contributed by atoms with E-state index >= 15 is 0 Å². The van der Waals surface area contributed by atoms with Gasteiger partial charge in [0.2, 0.25) is 11.8 Å². The minimum atomic E-state index is -0.242. The van der Waals surface area contributed by atoms with Gasteiger partial charge in [-0.05, 0) is 69.9 Å². The van der Waals surface area contributed by atoms with Crippen LogP contribution in [0.15, 0.2) is 24.3 Å². The lowest BCUT2D eigenvalue weighted by Gasteiger charge is -2.40. The molecule has 2 atom stereocenters. The van der Waals surface area contributed by atoms with E-state index in [-0.39, 0.29) is 23.8 Å². The first-order chi connectivity index (χ1) is 13.1. The fourth-order valence-corrected chi connectivity index (χ4v) is 4.55. The summed E-state index contributed by atoms with van der Waals surface area (Å²) in [4.78, 5) is 29.6. The molecule has 5 nitrogen and oxygen atoms in total. The van der Waals surface area contributed by atoms with E-state index in [9.17, 15) is 9.59 Å². The number of halogens is 1. The van der Waals surface area contributed by atoms with Gasteiger partial charge in [0, 0.05) is 24.5 Å². The third-order valence-electron chi connectivity index (χ3n) is 5.72. The Kier molecular flexibility index (Phi) is 7.13. The van der Waals surface area contributed by atoms with E-state index < -0.39 is 0 Å². The monoisotopic (exact) mass is 391 g/mol. The van der Waals surface area contributed by atoms with Gasteiger partial charge < -0.3 is 15.1 Å². The zero-order valence-corrected chi connectivity index (χ0v) is 16.9. The molecule has 0 aliphatic carbocycles. The SMILES string of the molecule is CCN1C(=O)CC[C@@H](C(=O)NCCCN2CCCC2)[C@@H]1c1cccc(Cl)c1. The molecule has 6 heteroatoms. The van der Waals surface area contributed by atoms with Gasteiger partial charge in [0.25, 0.3) is 0 Å². The first-order valence-electron chi connectivity index (χ1n) is 10.1. The minimum absolute atomic E-state index is 0.0485. The van der Waals surface area contributed by atoms with Crippen molar-refractivity contribution in [3.63, 3.8) is 0 Å². The molecule has 2 amide bonds. The number of nitrogens with one attached hydrogen (secondary N) is 1. The van der Waals surface area contributed by atoms with Crippen LogP contribution in [-0.2, 0) is 9.59 Å². The topological polar surface area (TPSA) is 52.7 Å². The number of carbonyl (C=O) groups excluding carboxylic acids is 2. The standard InChI is InChI=1S/C21H30ClN3O2/c1-2-25-19(26)10-9-18(20(25)16-7-5-8-17(22)15-16)21(27)23-11-6-14-24-12-3-4-13-24/h5,7-8,15,18,20H,2-4,6,9-14H2,1H3,(H,23,27)/t18-,20+/m1/s1. The molecule has 2 aliphatic rings. The molecule has 2 heterocycles. The molecule has 2 saturated heterocycles. The van der Waals surface area contributed by atoms with Gasteiger partial charge in [-0.2, -0.15) is 0 Å². The number of carbonyl (C=O) groups is 2. The van der Waals surface area contributed by atoms with Crippen molar-refractivity contribution in [2.75, 3.05) is 32.7 Å². The largest absolute Gasteiger partial charge is 0.356 e. The maximum absolute atomic E-state index is 12.9. The number of amides is 2. The highest BCUT2D eigenvalue weighted by Gasteiger charge is 2.39. The third-order valence-corrected chi connectivity index (χ3v) is 5.96. The Labute approximate surface area is 167 Å². The van der Waals surface area contributed by atoms with Crippen LogP contribution in [0, 0.1) is 5.92 Å². The van der Waals surface area contributed by atoms with E-state index in [1.54, 1.807) is 0 Å². The summed E-state index contributed by atoms with van der Waals surface area (Å²) < 4.78 is 0. The molecule has 0 aromatic heterocycles. The maximum Gasteiger partial charge on any atom is 0.225 e. The molecule has 0 radical (unpaired) electrons. The second-order valence-corrected chi connectivity index (χ2v) is 7.95. The maximum atomic E-state index is 12.9. The van der Waals surface area contributed by atoms with Crippen molar-refractivity contribution < 1.29 is 9.59 Å². The Morgan fingerprint density at radius 2 is 2.07 bits per heavy atom. The summed E-state index contributed by atoms with van der Waals surface area (Å²) in [5, 5.41) is 3.74. The van der Waals surface area contributed by atoms with E-state index in [1.165, 1.54) is 25.9 Å². The Morgan fingerprint density at radius 1 is 1.30 bits per heavy atom. The predicted octanol–water partition coefficient (Wildman–Crippen LogP) is 3.24. The van der Waals surface area contributed by atoms with Crippen molar-refractivity contribution in [2.45, 2.75) is 45.1 Å². The number of rotatable bonds is 7. The summed E-state index contributed by atoms with van der Waals surface area (Å²) in [6, 6.07) is 7.30. The lowest BCUT2D eigenvalue weighted by atomic mass is 9.83. The lowest BCUT2D eigenvalue weighted by Crippen LogP contribution is -2.48. The predicted molar refractivity (Wildman–Crippen MR) is 108 cm³/mol. The summed E-state index contributed by atoms with van der Waals surface area (Å²) in [7, 11) is 0. The molecule has 0 spiro atoms. The van der Waals surface area contributed by atoms with E-state index in [0.29, 0.717) is 31.0 Å². The van der Waals surface area contributed by atoms with Gasteiger partial charge in [0.05, 0.1) is 12.0 Å². The van der Waals surface area contributed by atoms with Crippen LogP contribution < -0.4 is 5.32 Å². The van der Waals surface area contributed by atoms with Crippen molar-refractivity contribution >= 4 is 23.4 Å². The van der Waals surface area contributed by atoms with Gasteiger partial charge in [-0.1, -0.05) is 23.7 Å². The van der Waals surface area contributed by atoms with Crippen molar-refractivity contribution in [1.29, 1.82) is 0 Å². The highest BCUT2D eigenvalue weighted by molar-refractivity contribution is 6.30. The average molecular weight is 392 g/mol. The first kappa shape index (κ1) is 20.2. The second-order valence-electron chi connectivity index (χ2n) is 7.52. The van der Waals surface area contributed by atoms with Crippen LogP contribution in [-0.4, -0.2) is 54.3 Å². The smallest absolute Gasteiger partial charge is 0.225 e. The molecule has 27 heavy (non-hydrogen) atoms. The van der Waals surface area contributed by atoms with Crippen LogP contribution in [0.25, 0.3) is 0 Å². The molecular weight excluding hydrogens is 362 g/mol. The number of nitrogens with zero attached hydrogens (tertiary/aromatic N) is 2. The van der Waals surface area contributed by atoms with E-state index in [4.69, 9.17) is 11.6 Å². The Morgan fingerprint density at radius 3 is 2.78 bits per heavy atom. The average Bonchev–Trinajstić information content (AvgIpc) is 3.18. The lowest BCUT2D eigenvalue weighted by molar-refractivity contribution is -0.143. The van der Waals surface area contributed by atoms with Crippen LogP contribution in [0.1, 0.15) is 50.6 Å². The van der Waals surface area contributed by atoms with Crippen LogP contribution in [0.5, 0.6) is 0 Å². The molecular formula is C21H30ClN3O2. The van der Waals surface area contributed by atoms with Crippen molar-refractivity contribution in [3.8, 4) is 0 Å². The third kappa shape index (κ3) is 5.02. The molecule has 1 aromatic rings. The Hall–Kier alpha value is -1.59. The van der Waals surface area contributed by atoms with E-state index in [0.717, 1.165) is 18.5 Å². The van der Waals surface area contributed by atoms with Gasteiger partial charge in [-0.3, -0.25) is 9.59 Å². The first-order valence-corrected chi connectivity index (χ1v) is 10.5. The van der Waals surface area contributed by atoms with Gasteiger partial charge >= 0.3 is 0 Å². The number of piperidine rings is 1. The summed E-state index contributed by atoms with van der Waals surface area (Å²) in [5.41, 5.74) is 0.939. The minimum Gasteiger partial charge on any atom is -0.356 e. The van der Waals surface area contributed by atoms with Gasteiger partial charge in [0.15, 0.2) is 0 Å². The van der Waals surface area contributed by atoms with Gasteiger partial charge in [-0.15, -0.1) is 0 Å². The van der Waals surface area contributed by atoms with Crippen LogP contribution >= 0.6 is 11.6 Å². The number of benzene rings is 1. The summed E-state index contributed by atoms with van der Waals surface area (Å²) in [6.07, 6.45) is 4.56. The number of likely N-dealkylation sites (tertiary alicyclic amines) is 2. The van der Waals surface area contributed by atoms with Crippen molar-refractivity contribution in [3.05, 3.63) is 34.9 Å². The fraction of sp³-hybridized carbons (Fsp3) is 0.619. The zero-order valence-electron chi connectivity index (χ0n) is 16.1. The van der Waals surface area contributed by atoms with Gasteiger partial charge in [0.1, 0.15) is 0 Å². The normalized spacial score (nSPS) is 23.6. The molecule has 0 saturated carbocycles. The highest BCUT2D eigenvalue weighted by atomic mass is 35.5. The van der Waals surface area contributed by atoms with Crippen molar-refractivity contribution in [2.24, 2.45) is 5.92 Å². The molecule has 148 valence electrons. The molecule has 2 fully saturated rings. The molecule has 1 aromatic carbocycles. The van der Waals surface area contributed by atoms with Crippen LogP contribution in [0.4, 0.5) is 0 Å². The summed E-state index contributed by atoms with van der Waals surface area (Å²) in [5.74, 6) is -0.0687. The molecule has 3 rings (SSSR count). The van der Waals surface area contributed by atoms with Gasteiger partial charge in [-0.25, -0.2) is 0 Å². The molecule has 0 bridgehead atoms. The number of hydrogen-bond acceptors (Lipinski definition) is 3. The van der Waals surface area contributed by atoms with E-state index in [1.807, 2.05) is 36.1 Å². The Bertz CT molecular complexity index is 661.